The van der Waals surface area contributed by atoms with E-state index in [2.05, 4.69) is 124 Å². The highest BCUT2D eigenvalue weighted by molar-refractivity contribution is 6.10. The number of halogens is 3. The van der Waals surface area contributed by atoms with Gasteiger partial charge in [-0.05, 0) is 88.8 Å². The van der Waals surface area contributed by atoms with Crippen LogP contribution < -0.4 is 4.57 Å². The fraction of sp³-hybridized carbons (Fsp3) is 0.260. The summed E-state index contributed by atoms with van der Waals surface area (Å²) in [5.41, 5.74) is 11.0. The van der Waals surface area contributed by atoms with Crippen LogP contribution >= 0.6 is 0 Å². The van der Waals surface area contributed by atoms with Gasteiger partial charge in [-0.1, -0.05) is 133 Å². The van der Waals surface area contributed by atoms with Crippen molar-refractivity contribution < 1.29 is 24.9 Å². The molecular weight excluding hydrogens is 702 g/mol. The number of nitrogens with zero attached hydrogens (tertiary/aromatic N) is 2. The number of alkyl halides is 3. The van der Waals surface area contributed by atoms with E-state index in [4.69, 9.17) is 7.16 Å². The molecule has 0 N–H and O–H groups in total. The van der Waals surface area contributed by atoms with E-state index in [1.807, 2.05) is 24.3 Å². The van der Waals surface area contributed by atoms with Crippen molar-refractivity contribution in [1.82, 2.24) is 4.57 Å². The molecule has 0 aliphatic rings. The van der Waals surface area contributed by atoms with Crippen molar-refractivity contribution >= 4 is 33.0 Å². The summed E-state index contributed by atoms with van der Waals surface area (Å²) in [4.78, 5) is 0. The zero-order chi connectivity index (χ0) is 41.5. The first-order valence-electron chi connectivity index (χ1n) is 20.3. The summed E-state index contributed by atoms with van der Waals surface area (Å²) in [5.74, 6) is 1.40. The second-order valence-electron chi connectivity index (χ2n) is 16.2. The molecule has 2 heterocycles. The maximum absolute atomic E-state index is 13.8. The summed E-state index contributed by atoms with van der Waals surface area (Å²) in [5, 5.41) is 2.18. The fourth-order valence-electron chi connectivity index (χ4n) is 8.00. The molecular formula is C50H48F3N2O+. The van der Waals surface area contributed by atoms with Crippen LogP contribution in [-0.4, -0.2) is 10.7 Å². The van der Waals surface area contributed by atoms with Crippen LogP contribution in [-0.2, 0) is 13.4 Å². The minimum Gasteiger partial charge on any atom is -0.455 e. The predicted molar refractivity (Wildman–Crippen MR) is 224 cm³/mol. The molecule has 0 saturated heterocycles. The molecule has 3 nitrogen and oxygen atoms in total. The van der Waals surface area contributed by atoms with Crippen molar-refractivity contribution in [1.29, 1.82) is 0 Å². The first kappa shape index (κ1) is 34.8. The molecule has 6 aromatic carbocycles. The highest BCUT2D eigenvalue weighted by atomic mass is 19.4. The Hall–Kier alpha value is -5.62. The van der Waals surface area contributed by atoms with Crippen molar-refractivity contribution in [3.05, 3.63) is 144 Å². The molecule has 0 atom stereocenters. The lowest BCUT2D eigenvalue weighted by Gasteiger charge is -2.27. The van der Waals surface area contributed by atoms with E-state index in [9.17, 15) is 13.2 Å². The van der Waals surface area contributed by atoms with Gasteiger partial charge in [-0.25, -0.2) is 4.57 Å². The molecule has 284 valence electrons. The highest BCUT2D eigenvalue weighted by Crippen LogP contribution is 2.44. The molecule has 0 radical (unpaired) electrons. The number of imidazole rings is 1. The topological polar surface area (TPSA) is 21.9 Å². The molecule has 8 aromatic rings. The standard InChI is InChI=1S/C50H48F3N2O/c1-30(2)40-27-37(36-24-22-35(23-25-36)34-20-18-33(19-21-34)29-49(6,7)50(51,52)53)28-41(31(3)4)46(40)55-43-15-11-10-14-42(43)54(8)48(55)45-32(5)17-26-39-38-13-9-12-16-44(38)56-47(39)45/h9-28,30-31H,29H2,1-8H3/q+1/i29D2. The van der Waals surface area contributed by atoms with Crippen molar-refractivity contribution in [2.75, 3.05) is 0 Å². The number of hydrogen-bond donors (Lipinski definition) is 0. The average molecular weight is 752 g/mol. The van der Waals surface area contributed by atoms with E-state index in [0.29, 0.717) is 0 Å². The molecule has 0 aliphatic carbocycles. The lowest BCUT2D eigenvalue weighted by atomic mass is 9.84. The van der Waals surface area contributed by atoms with Gasteiger partial charge in [0.25, 0.3) is 5.82 Å². The molecule has 0 spiro atoms. The van der Waals surface area contributed by atoms with E-state index in [1.165, 1.54) is 28.9 Å². The Morgan fingerprint density at radius 3 is 1.86 bits per heavy atom. The summed E-state index contributed by atoms with van der Waals surface area (Å²) >= 11 is 0. The van der Waals surface area contributed by atoms with Crippen LogP contribution in [0.5, 0.6) is 0 Å². The van der Waals surface area contributed by atoms with Crippen LogP contribution in [0, 0.1) is 12.3 Å². The predicted octanol–water partition coefficient (Wildman–Crippen LogP) is 14.0. The molecule has 0 aliphatic heterocycles. The molecule has 6 heteroatoms. The van der Waals surface area contributed by atoms with Crippen molar-refractivity contribution in [2.45, 2.75) is 72.9 Å². The Labute approximate surface area is 329 Å². The summed E-state index contributed by atoms with van der Waals surface area (Å²) in [6, 6.07) is 40.3. The van der Waals surface area contributed by atoms with Gasteiger partial charge in [-0.3, -0.25) is 0 Å². The molecule has 0 amide bonds. The average Bonchev–Trinajstić information content (AvgIpc) is 3.71. The van der Waals surface area contributed by atoms with Crippen LogP contribution in [0.1, 0.15) is 78.4 Å². The van der Waals surface area contributed by atoms with E-state index in [1.54, 1.807) is 12.1 Å². The Morgan fingerprint density at radius 1 is 0.696 bits per heavy atom. The minimum atomic E-state index is -4.70. The molecule has 0 fully saturated rings. The number of benzene rings is 6. The third kappa shape index (κ3) is 6.29. The maximum atomic E-state index is 13.8. The molecule has 0 unspecified atom stereocenters. The van der Waals surface area contributed by atoms with Crippen LogP contribution in [0.2, 0.25) is 0 Å². The molecule has 0 saturated carbocycles. The van der Waals surface area contributed by atoms with Gasteiger partial charge in [0.15, 0.2) is 16.6 Å². The van der Waals surface area contributed by atoms with Crippen molar-refractivity contribution in [3.63, 3.8) is 0 Å². The number of aromatic nitrogens is 2. The normalized spacial score (nSPS) is 13.4. The van der Waals surface area contributed by atoms with Gasteiger partial charge in [-0.2, -0.15) is 17.7 Å². The Kier molecular flexibility index (Phi) is 8.61. The summed E-state index contributed by atoms with van der Waals surface area (Å²) in [6.07, 6.45) is -7.31. The number of fused-ring (bicyclic) bond motifs is 4. The maximum Gasteiger partial charge on any atom is 0.394 e. The first-order valence-corrected chi connectivity index (χ1v) is 19.3. The smallest absolute Gasteiger partial charge is 0.394 e. The second-order valence-corrected chi connectivity index (χ2v) is 16.2. The second kappa shape index (κ2) is 13.8. The Bertz CT molecular complexity index is 2810. The third-order valence-electron chi connectivity index (χ3n) is 11.2. The van der Waals surface area contributed by atoms with Gasteiger partial charge in [0.1, 0.15) is 16.8 Å². The van der Waals surface area contributed by atoms with E-state index in [-0.39, 0.29) is 17.4 Å². The van der Waals surface area contributed by atoms with Gasteiger partial charge < -0.3 is 4.42 Å². The molecule has 2 aromatic heterocycles. The van der Waals surface area contributed by atoms with Gasteiger partial charge in [-0.15, -0.1) is 0 Å². The Balaban J connectivity index is 1.27. The van der Waals surface area contributed by atoms with Crippen LogP contribution in [0.4, 0.5) is 13.2 Å². The van der Waals surface area contributed by atoms with E-state index >= 15 is 0 Å². The number of aryl methyl sites for hydroxylation is 2. The van der Waals surface area contributed by atoms with Gasteiger partial charge in [0, 0.05) is 24.6 Å². The summed E-state index contributed by atoms with van der Waals surface area (Å²) < 4.78 is 69.6. The summed E-state index contributed by atoms with van der Waals surface area (Å²) in [7, 11) is 2.14. The lowest BCUT2D eigenvalue weighted by Crippen LogP contribution is -2.34. The van der Waals surface area contributed by atoms with Crippen molar-refractivity contribution in [2.24, 2.45) is 12.5 Å². The monoisotopic (exact) mass is 751 g/mol. The zero-order valence-corrected chi connectivity index (χ0v) is 33.1. The van der Waals surface area contributed by atoms with Gasteiger partial charge >= 0.3 is 6.18 Å². The zero-order valence-electron chi connectivity index (χ0n) is 35.1. The number of hydrogen-bond acceptors (Lipinski definition) is 1. The van der Waals surface area contributed by atoms with Crippen LogP contribution in [0.3, 0.4) is 0 Å². The highest BCUT2D eigenvalue weighted by Gasteiger charge is 2.47. The molecule has 8 rings (SSSR count). The summed E-state index contributed by atoms with van der Waals surface area (Å²) in [6.45, 7) is 12.9. The first-order chi connectivity index (χ1) is 27.4. The number of rotatable bonds is 8. The fourth-order valence-corrected chi connectivity index (χ4v) is 8.00. The minimum absolute atomic E-state index is 0.00522. The quantitative estimate of drug-likeness (QED) is 0.142. The van der Waals surface area contributed by atoms with Gasteiger partial charge in [0.05, 0.1) is 12.5 Å². The SMILES string of the molecule is [2H]C([2H])(c1ccc(-c2ccc(-c3cc(C(C)C)c(-n4c(-c5c(C)ccc6c5oc5ccccc56)[n+](C)c5ccccc54)c(C(C)C)c3)cc2)cc1)C(C)(C)C(F)(F)F. The van der Waals surface area contributed by atoms with Gasteiger partial charge in [0.2, 0.25) is 0 Å². The lowest BCUT2D eigenvalue weighted by molar-refractivity contribution is -0.633. The largest absolute Gasteiger partial charge is 0.455 e. The van der Waals surface area contributed by atoms with E-state index < -0.39 is 18.0 Å². The van der Waals surface area contributed by atoms with Crippen LogP contribution in [0.15, 0.2) is 126 Å². The Morgan fingerprint density at radius 2 is 1.25 bits per heavy atom. The van der Waals surface area contributed by atoms with Crippen molar-refractivity contribution in [3.8, 4) is 39.3 Å². The molecule has 0 bridgehead atoms. The molecule has 56 heavy (non-hydrogen) atoms. The third-order valence-corrected chi connectivity index (χ3v) is 11.2. The number of para-hydroxylation sites is 3. The van der Waals surface area contributed by atoms with Crippen LogP contribution in [0.25, 0.3) is 72.3 Å². The van der Waals surface area contributed by atoms with E-state index in [0.717, 1.165) is 86.0 Å². The number of furan rings is 1.